The number of amides is 2. The molecule has 1 aliphatic heterocycles. The Labute approximate surface area is 125 Å². The van der Waals surface area contributed by atoms with E-state index < -0.39 is 0 Å². The number of carbonyl (C=O) groups is 1. The number of nitrogens with zero attached hydrogens (tertiary/aromatic N) is 1. The van der Waals surface area contributed by atoms with Gasteiger partial charge in [0, 0.05) is 25.4 Å². The lowest BCUT2D eigenvalue weighted by molar-refractivity contribution is 0.143. The van der Waals surface area contributed by atoms with Gasteiger partial charge in [-0.15, -0.1) is 0 Å². The van der Waals surface area contributed by atoms with Crippen molar-refractivity contribution in [3.63, 3.8) is 0 Å². The van der Waals surface area contributed by atoms with E-state index >= 15 is 0 Å². The zero-order valence-electron chi connectivity index (χ0n) is 12.7. The third-order valence-electron chi connectivity index (χ3n) is 3.64. The number of benzene rings is 1. The van der Waals surface area contributed by atoms with Crippen LogP contribution in [0.1, 0.15) is 26.7 Å². The summed E-state index contributed by atoms with van der Waals surface area (Å²) in [5.41, 5.74) is 0.764. The van der Waals surface area contributed by atoms with Crippen molar-refractivity contribution in [2.75, 3.05) is 25.0 Å². The third-order valence-corrected chi connectivity index (χ3v) is 3.64. The highest BCUT2D eigenvalue weighted by molar-refractivity contribution is 5.89. The van der Waals surface area contributed by atoms with Crippen molar-refractivity contribution in [2.24, 2.45) is 5.92 Å². The minimum absolute atomic E-state index is 0.0797. The van der Waals surface area contributed by atoms with Crippen LogP contribution in [-0.2, 0) is 0 Å². The van der Waals surface area contributed by atoms with Gasteiger partial charge in [0.25, 0.3) is 0 Å². The van der Waals surface area contributed by atoms with Crippen LogP contribution in [0.15, 0.2) is 24.3 Å². The van der Waals surface area contributed by atoms with Crippen molar-refractivity contribution >= 4 is 11.7 Å². The fourth-order valence-corrected chi connectivity index (χ4v) is 2.41. The maximum absolute atomic E-state index is 12.1. The third kappa shape index (κ3) is 4.63. The number of hydrogen-bond donors (Lipinski definition) is 2. The minimum atomic E-state index is -0.0797. The molecule has 1 aromatic carbocycles. The van der Waals surface area contributed by atoms with E-state index in [0.29, 0.717) is 19.0 Å². The van der Waals surface area contributed by atoms with E-state index in [0.717, 1.165) is 24.3 Å². The predicted octanol–water partition coefficient (Wildman–Crippen LogP) is 2.71. The van der Waals surface area contributed by atoms with Crippen LogP contribution >= 0.6 is 0 Å². The van der Waals surface area contributed by atoms with Gasteiger partial charge in [0.15, 0.2) is 0 Å². The van der Waals surface area contributed by atoms with Gasteiger partial charge in [0.1, 0.15) is 5.75 Å². The van der Waals surface area contributed by atoms with E-state index in [1.54, 1.807) is 4.90 Å². The van der Waals surface area contributed by atoms with Crippen molar-refractivity contribution in [1.82, 2.24) is 4.90 Å². The van der Waals surface area contributed by atoms with Crippen LogP contribution in [0.25, 0.3) is 0 Å². The molecule has 2 N–H and O–H groups in total. The SMILES string of the molecule is CC(C)Oc1ccc(NC(=O)N2CCC(CO)CC2)cc1. The van der Waals surface area contributed by atoms with E-state index in [4.69, 9.17) is 9.84 Å². The largest absolute Gasteiger partial charge is 0.491 e. The molecule has 0 radical (unpaired) electrons. The molecule has 1 aliphatic rings. The van der Waals surface area contributed by atoms with Gasteiger partial charge in [-0.1, -0.05) is 0 Å². The number of aliphatic hydroxyl groups is 1. The van der Waals surface area contributed by atoms with Gasteiger partial charge in [-0.25, -0.2) is 4.79 Å². The molecule has 5 heteroatoms. The summed E-state index contributed by atoms with van der Waals surface area (Å²) < 4.78 is 5.57. The Morgan fingerprint density at radius 3 is 2.48 bits per heavy atom. The molecule has 0 unspecified atom stereocenters. The first-order valence-corrected chi connectivity index (χ1v) is 7.52. The van der Waals surface area contributed by atoms with Gasteiger partial charge in [-0.05, 0) is 56.9 Å². The van der Waals surface area contributed by atoms with Gasteiger partial charge in [0.05, 0.1) is 6.10 Å². The summed E-state index contributed by atoms with van der Waals surface area (Å²) in [5.74, 6) is 1.13. The molecule has 0 bridgehead atoms. The molecule has 1 aromatic rings. The second-order valence-electron chi connectivity index (χ2n) is 5.73. The molecular weight excluding hydrogens is 268 g/mol. The Hall–Kier alpha value is -1.75. The Bertz CT molecular complexity index is 451. The lowest BCUT2D eigenvalue weighted by Crippen LogP contribution is -2.41. The fourth-order valence-electron chi connectivity index (χ4n) is 2.41. The molecule has 0 spiro atoms. The molecule has 1 heterocycles. The van der Waals surface area contributed by atoms with Crippen molar-refractivity contribution in [1.29, 1.82) is 0 Å². The fraction of sp³-hybridized carbons (Fsp3) is 0.562. The molecule has 5 nitrogen and oxygen atoms in total. The molecule has 0 aromatic heterocycles. The summed E-state index contributed by atoms with van der Waals surface area (Å²) in [5, 5.41) is 12.0. The Morgan fingerprint density at radius 1 is 1.33 bits per heavy atom. The first-order chi connectivity index (χ1) is 10.1. The zero-order valence-corrected chi connectivity index (χ0v) is 12.7. The Kier molecular flexibility index (Phi) is 5.44. The first-order valence-electron chi connectivity index (χ1n) is 7.52. The van der Waals surface area contributed by atoms with E-state index in [1.807, 2.05) is 38.1 Å². The van der Waals surface area contributed by atoms with Crippen molar-refractivity contribution in [3.8, 4) is 5.75 Å². The van der Waals surface area contributed by atoms with Gasteiger partial charge in [-0.3, -0.25) is 0 Å². The number of aliphatic hydroxyl groups excluding tert-OH is 1. The molecular formula is C16H24N2O3. The summed E-state index contributed by atoms with van der Waals surface area (Å²) in [7, 11) is 0. The van der Waals surface area contributed by atoms with Crippen LogP contribution in [-0.4, -0.2) is 41.8 Å². The molecule has 0 atom stereocenters. The standard InChI is InChI=1S/C16H24N2O3/c1-12(2)21-15-5-3-14(4-6-15)17-16(20)18-9-7-13(11-19)8-10-18/h3-6,12-13,19H,7-11H2,1-2H3,(H,17,20). The first kappa shape index (κ1) is 15.6. The minimum Gasteiger partial charge on any atom is -0.491 e. The lowest BCUT2D eigenvalue weighted by Gasteiger charge is -2.31. The molecule has 0 aliphatic carbocycles. The second-order valence-corrected chi connectivity index (χ2v) is 5.73. The summed E-state index contributed by atoms with van der Waals surface area (Å²) in [4.78, 5) is 13.9. The van der Waals surface area contributed by atoms with E-state index in [2.05, 4.69) is 5.32 Å². The van der Waals surface area contributed by atoms with Crippen LogP contribution in [0, 0.1) is 5.92 Å². The number of hydrogen-bond acceptors (Lipinski definition) is 3. The van der Waals surface area contributed by atoms with Crippen LogP contribution in [0.4, 0.5) is 10.5 Å². The number of urea groups is 1. The van der Waals surface area contributed by atoms with Crippen molar-refractivity contribution in [2.45, 2.75) is 32.8 Å². The van der Waals surface area contributed by atoms with E-state index in [-0.39, 0.29) is 18.7 Å². The Balaban J connectivity index is 1.85. The summed E-state index contributed by atoms with van der Waals surface area (Å²) >= 11 is 0. The van der Waals surface area contributed by atoms with Gasteiger partial charge in [0.2, 0.25) is 0 Å². The monoisotopic (exact) mass is 292 g/mol. The zero-order chi connectivity index (χ0) is 15.2. The second kappa shape index (κ2) is 7.31. The lowest BCUT2D eigenvalue weighted by atomic mass is 9.98. The molecule has 2 amide bonds. The summed E-state index contributed by atoms with van der Waals surface area (Å²) in [6.45, 7) is 5.57. The van der Waals surface area contributed by atoms with Crippen molar-refractivity contribution < 1.29 is 14.6 Å². The van der Waals surface area contributed by atoms with Crippen LogP contribution in [0.3, 0.4) is 0 Å². The number of likely N-dealkylation sites (tertiary alicyclic amines) is 1. The maximum Gasteiger partial charge on any atom is 0.321 e. The number of nitrogens with one attached hydrogen (secondary N) is 1. The number of rotatable bonds is 4. The number of piperidine rings is 1. The Morgan fingerprint density at radius 2 is 1.95 bits per heavy atom. The smallest absolute Gasteiger partial charge is 0.321 e. The molecule has 1 saturated heterocycles. The topological polar surface area (TPSA) is 61.8 Å². The summed E-state index contributed by atoms with van der Waals surface area (Å²) in [6, 6.07) is 7.32. The molecule has 2 rings (SSSR count). The van der Waals surface area contributed by atoms with Gasteiger partial charge >= 0.3 is 6.03 Å². The van der Waals surface area contributed by atoms with Gasteiger partial charge < -0.3 is 20.1 Å². The van der Waals surface area contributed by atoms with E-state index in [1.165, 1.54) is 0 Å². The predicted molar refractivity (Wildman–Crippen MR) is 82.6 cm³/mol. The van der Waals surface area contributed by atoms with Crippen LogP contribution in [0.5, 0.6) is 5.75 Å². The highest BCUT2D eigenvalue weighted by Gasteiger charge is 2.22. The van der Waals surface area contributed by atoms with Crippen LogP contribution in [0.2, 0.25) is 0 Å². The quantitative estimate of drug-likeness (QED) is 0.897. The van der Waals surface area contributed by atoms with Crippen molar-refractivity contribution in [3.05, 3.63) is 24.3 Å². The van der Waals surface area contributed by atoms with E-state index in [9.17, 15) is 4.79 Å². The molecule has 1 fully saturated rings. The molecule has 116 valence electrons. The normalized spacial score (nSPS) is 16.1. The highest BCUT2D eigenvalue weighted by Crippen LogP contribution is 2.19. The average Bonchev–Trinajstić information content (AvgIpc) is 2.49. The highest BCUT2D eigenvalue weighted by atomic mass is 16.5. The average molecular weight is 292 g/mol. The molecule has 21 heavy (non-hydrogen) atoms. The molecule has 0 saturated carbocycles. The maximum atomic E-state index is 12.1. The number of carbonyl (C=O) groups excluding carboxylic acids is 1. The van der Waals surface area contributed by atoms with Gasteiger partial charge in [-0.2, -0.15) is 0 Å². The summed E-state index contributed by atoms with van der Waals surface area (Å²) in [6.07, 6.45) is 1.87. The van der Waals surface area contributed by atoms with Crippen LogP contribution < -0.4 is 10.1 Å². The number of anilines is 1. The number of ether oxygens (including phenoxy) is 1.